The van der Waals surface area contributed by atoms with Gasteiger partial charge in [0.2, 0.25) is 11.8 Å². The molecule has 0 saturated heterocycles. The van der Waals surface area contributed by atoms with E-state index in [9.17, 15) is 9.59 Å². The van der Waals surface area contributed by atoms with Crippen LogP contribution in [0.5, 0.6) is 5.75 Å². The Balaban J connectivity index is 2.03. The maximum atomic E-state index is 12.9. The Bertz CT molecular complexity index is 826. The van der Waals surface area contributed by atoms with E-state index in [0.717, 1.165) is 17.7 Å². The fourth-order valence-corrected chi connectivity index (χ4v) is 3.27. The van der Waals surface area contributed by atoms with E-state index in [1.165, 1.54) is 5.56 Å². The number of anilines is 1. The molecule has 0 spiro atoms. The van der Waals surface area contributed by atoms with Crippen molar-refractivity contribution in [2.24, 2.45) is 11.8 Å². The van der Waals surface area contributed by atoms with Crippen molar-refractivity contribution in [2.75, 3.05) is 12.4 Å². The fraction of sp³-hybridized carbons (Fsp3) is 0.440. The molecule has 162 valence electrons. The van der Waals surface area contributed by atoms with Gasteiger partial charge in [-0.2, -0.15) is 0 Å². The maximum absolute atomic E-state index is 12.9. The lowest BCUT2D eigenvalue weighted by Crippen LogP contribution is -2.48. The minimum atomic E-state index is -0.623. The Hall–Kier alpha value is -2.82. The topological polar surface area (TPSA) is 67.4 Å². The zero-order chi connectivity index (χ0) is 22.3. The lowest BCUT2D eigenvalue weighted by Gasteiger charge is -2.24. The second-order valence-corrected chi connectivity index (χ2v) is 8.51. The molecule has 2 atom stereocenters. The van der Waals surface area contributed by atoms with Gasteiger partial charge < -0.3 is 15.4 Å². The summed E-state index contributed by atoms with van der Waals surface area (Å²) in [5.74, 6) is 0.529. The molecule has 2 amide bonds. The quantitative estimate of drug-likeness (QED) is 0.625. The highest BCUT2D eigenvalue weighted by Crippen LogP contribution is 2.19. The first-order valence-corrected chi connectivity index (χ1v) is 10.5. The molecular formula is C25H34N2O3. The number of carbonyl (C=O) groups is 2. The van der Waals surface area contributed by atoms with E-state index in [4.69, 9.17) is 4.74 Å². The Kier molecular flexibility index (Phi) is 8.46. The summed E-state index contributed by atoms with van der Waals surface area (Å²) in [4.78, 5) is 25.6. The minimum absolute atomic E-state index is 0.0483. The normalized spacial score (nSPS) is 13.1. The van der Waals surface area contributed by atoms with Crippen molar-refractivity contribution in [3.8, 4) is 5.75 Å². The molecule has 5 nitrogen and oxygen atoms in total. The molecule has 0 aliphatic rings. The molecule has 2 N–H and O–H groups in total. The average molecular weight is 411 g/mol. The predicted octanol–water partition coefficient (Wildman–Crippen LogP) is 4.78. The first-order chi connectivity index (χ1) is 14.2. The largest absolute Gasteiger partial charge is 0.497 e. The molecule has 0 fully saturated rings. The van der Waals surface area contributed by atoms with Crippen LogP contribution in [0.2, 0.25) is 0 Å². The summed E-state index contributed by atoms with van der Waals surface area (Å²) in [6.07, 6.45) is 1.02. The molecule has 30 heavy (non-hydrogen) atoms. The molecule has 0 heterocycles. The predicted molar refractivity (Wildman–Crippen MR) is 122 cm³/mol. The van der Waals surface area contributed by atoms with E-state index in [1.807, 2.05) is 32.9 Å². The molecule has 0 aliphatic carbocycles. The molecule has 1 unspecified atom stereocenters. The van der Waals surface area contributed by atoms with Crippen LogP contribution in [-0.2, 0) is 16.0 Å². The minimum Gasteiger partial charge on any atom is -0.497 e. The van der Waals surface area contributed by atoms with Gasteiger partial charge in [0.15, 0.2) is 0 Å². The van der Waals surface area contributed by atoms with Crippen LogP contribution in [-0.4, -0.2) is 25.0 Å². The van der Waals surface area contributed by atoms with Crippen LogP contribution in [0.15, 0.2) is 48.5 Å². The second-order valence-electron chi connectivity index (χ2n) is 8.51. The molecule has 0 bridgehead atoms. The van der Waals surface area contributed by atoms with Crippen LogP contribution in [0, 0.1) is 11.8 Å². The third kappa shape index (κ3) is 6.61. The van der Waals surface area contributed by atoms with Gasteiger partial charge in [0, 0.05) is 5.69 Å². The Morgan fingerprint density at radius 2 is 1.47 bits per heavy atom. The Labute approximate surface area is 180 Å². The maximum Gasteiger partial charge on any atom is 0.247 e. The van der Waals surface area contributed by atoms with Crippen LogP contribution in [0.4, 0.5) is 5.69 Å². The number of rotatable bonds is 9. The van der Waals surface area contributed by atoms with Crippen LogP contribution in [0.1, 0.15) is 51.7 Å². The van der Waals surface area contributed by atoms with Crippen LogP contribution in [0.3, 0.4) is 0 Å². The third-order valence-electron chi connectivity index (χ3n) is 5.12. The van der Waals surface area contributed by atoms with Crippen molar-refractivity contribution in [3.05, 3.63) is 59.7 Å². The van der Waals surface area contributed by atoms with Gasteiger partial charge in [-0.25, -0.2) is 0 Å². The zero-order valence-corrected chi connectivity index (χ0v) is 18.9. The van der Waals surface area contributed by atoms with Gasteiger partial charge >= 0.3 is 0 Å². The van der Waals surface area contributed by atoms with E-state index >= 15 is 0 Å². The van der Waals surface area contributed by atoms with Crippen molar-refractivity contribution in [3.63, 3.8) is 0 Å². The van der Waals surface area contributed by atoms with E-state index < -0.39 is 6.04 Å². The molecule has 0 aromatic heterocycles. The van der Waals surface area contributed by atoms with E-state index in [-0.39, 0.29) is 23.7 Å². The van der Waals surface area contributed by atoms with Crippen molar-refractivity contribution >= 4 is 17.5 Å². The van der Waals surface area contributed by atoms with Crippen molar-refractivity contribution in [2.45, 2.75) is 53.0 Å². The van der Waals surface area contributed by atoms with Gasteiger partial charge in [-0.3, -0.25) is 9.59 Å². The summed E-state index contributed by atoms with van der Waals surface area (Å²) in [6.45, 7) is 10.1. The van der Waals surface area contributed by atoms with Gasteiger partial charge in [-0.15, -0.1) is 0 Å². The third-order valence-corrected chi connectivity index (χ3v) is 5.12. The number of benzene rings is 2. The summed E-state index contributed by atoms with van der Waals surface area (Å²) in [7, 11) is 1.59. The zero-order valence-electron chi connectivity index (χ0n) is 18.9. The average Bonchev–Trinajstić information content (AvgIpc) is 2.71. The van der Waals surface area contributed by atoms with Gasteiger partial charge in [0.25, 0.3) is 0 Å². The molecule has 2 rings (SSSR count). The highest BCUT2D eigenvalue weighted by Gasteiger charge is 2.27. The summed E-state index contributed by atoms with van der Waals surface area (Å²) in [6, 6.07) is 14.7. The van der Waals surface area contributed by atoms with Gasteiger partial charge in [-0.05, 0) is 60.6 Å². The van der Waals surface area contributed by atoms with E-state index in [1.54, 1.807) is 31.4 Å². The first kappa shape index (κ1) is 23.5. The van der Waals surface area contributed by atoms with Gasteiger partial charge in [0.1, 0.15) is 11.8 Å². The van der Waals surface area contributed by atoms with Gasteiger partial charge in [-0.1, -0.05) is 52.0 Å². The van der Waals surface area contributed by atoms with Crippen molar-refractivity contribution < 1.29 is 14.3 Å². The number of methoxy groups -OCH3 is 1. The number of amides is 2. The van der Waals surface area contributed by atoms with E-state index in [2.05, 4.69) is 36.6 Å². The lowest BCUT2D eigenvalue weighted by molar-refractivity contribution is -0.128. The standard InChI is InChI=1S/C25H34N2O3/c1-16(2)15-19-7-9-20(10-8-19)18(5)24(28)27-23(17(3)4)25(29)26-21-11-13-22(30-6)14-12-21/h7-14,16-18,23H,15H2,1-6H3,(H,26,29)(H,27,28)/t18?,23-/m0/s1. The molecule has 0 radical (unpaired) electrons. The summed E-state index contributed by atoms with van der Waals surface area (Å²) < 4.78 is 5.14. The van der Waals surface area contributed by atoms with Crippen molar-refractivity contribution in [1.29, 1.82) is 0 Å². The SMILES string of the molecule is COc1ccc(NC(=O)[C@@H](NC(=O)C(C)c2ccc(CC(C)C)cc2)C(C)C)cc1. The van der Waals surface area contributed by atoms with Crippen LogP contribution in [0.25, 0.3) is 0 Å². The Morgan fingerprint density at radius 1 is 0.867 bits per heavy atom. The number of hydrogen-bond donors (Lipinski definition) is 2. The van der Waals surface area contributed by atoms with Crippen LogP contribution < -0.4 is 15.4 Å². The lowest BCUT2D eigenvalue weighted by atomic mass is 9.95. The van der Waals surface area contributed by atoms with Crippen molar-refractivity contribution in [1.82, 2.24) is 5.32 Å². The van der Waals surface area contributed by atoms with Gasteiger partial charge in [0.05, 0.1) is 13.0 Å². The van der Waals surface area contributed by atoms with E-state index in [0.29, 0.717) is 11.6 Å². The molecule has 0 saturated carbocycles. The number of hydrogen-bond acceptors (Lipinski definition) is 3. The summed E-state index contributed by atoms with van der Waals surface area (Å²) in [5, 5.41) is 5.80. The Morgan fingerprint density at radius 3 is 1.97 bits per heavy atom. The smallest absolute Gasteiger partial charge is 0.247 e. The number of ether oxygens (including phenoxy) is 1. The number of carbonyl (C=O) groups excluding carboxylic acids is 2. The number of nitrogens with one attached hydrogen (secondary N) is 2. The highest BCUT2D eigenvalue weighted by molar-refractivity contribution is 5.98. The molecular weight excluding hydrogens is 376 g/mol. The monoisotopic (exact) mass is 410 g/mol. The second kappa shape index (κ2) is 10.8. The molecule has 2 aromatic carbocycles. The highest BCUT2D eigenvalue weighted by atomic mass is 16.5. The molecule has 2 aromatic rings. The molecule has 5 heteroatoms. The summed E-state index contributed by atoms with van der Waals surface area (Å²) in [5.41, 5.74) is 2.87. The first-order valence-electron chi connectivity index (χ1n) is 10.5. The van der Waals surface area contributed by atoms with Crippen LogP contribution >= 0.6 is 0 Å². The fourth-order valence-electron chi connectivity index (χ4n) is 3.27. The summed E-state index contributed by atoms with van der Waals surface area (Å²) >= 11 is 0. The molecule has 0 aliphatic heterocycles.